The molecule has 0 aromatic carbocycles. The van der Waals surface area contributed by atoms with Crippen molar-refractivity contribution in [2.75, 3.05) is 16.9 Å². The molecule has 0 spiro atoms. The first-order chi connectivity index (χ1) is 9.56. The zero-order valence-electron chi connectivity index (χ0n) is 12.2. The largest absolute Gasteiger partial charge is 0.354 e. The minimum absolute atomic E-state index is 0.0322. The molecule has 1 unspecified atom stereocenters. The summed E-state index contributed by atoms with van der Waals surface area (Å²) < 4.78 is 0. The summed E-state index contributed by atoms with van der Waals surface area (Å²) in [5.41, 5.74) is 2.09. The van der Waals surface area contributed by atoms with Crippen LogP contribution in [0.2, 0.25) is 0 Å². The predicted octanol–water partition coefficient (Wildman–Crippen LogP) is 2.08. The van der Waals surface area contributed by atoms with Crippen LogP contribution in [0.25, 0.3) is 0 Å². The Morgan fingerprint density at radius 1 is 1.50 bits per heavy atom. The highest BCUT2D eigenvalue weighted by Crippen LogP contribution is 2.32. The van der Waals surface area contributed by atoms with Gasteiger partial charge in [-0.05, 0) is 19.8 Å². The molecule has 0 radical (unpaired) electrons. The minimum Gasteiger partial charge on any atom is -0.348 e. The summed E-state index contributed by atoms with van der Waals surface area (Å²) in [5, 5.41) is 11.3. The number of nitrogens with zero attached hydrogens (tertiary/aromatic N) is 4. The van der Waals surface area contributed by atoms with Gasteiger partial charge in [0.05, 0.1) is 4.92 Å². The van der Waals surface area contributed by atoms with E-state index >= 15 is 0 Å². The van der Waals surface area contributed by atoms with Gasteiger partial charge < -0.3 is 10.3 Å². The molecule has 1 atom stereocenters. The van der Waals surface area contributed by atoms with Crippen molar-refractivity contribution in [3.8, 4) is 0 Å². The van der Waals surface area contributed by atoms with E-state index in [9.17, 15) is 10.1 Å². The summed E-state index contributed by atoms with van der Waals surface area (Å²) in [6, 6.07) is 0.153. The molecule has 0 fully saturated rings. The van der Waals surface area contributed by atoms with Gasteiger partial charge in [-0.1, -0.05) is 20.3 Å². The molecule has 1 heterocycles. The van der Waals surface area contributed by atoms with Gasteiger partial charge in [0.25, 0.3) is 0 Å². The maximum absolute atomic E-state index is 11.3. The zero-order chi connectivity index (χ0) is 15.1. The molecular weight excluding hydrogens is 260 g/mol. The van der Waals surface area contributed by atoms with Crippen LogP contribution in [0.15, 0.2) is 6.33 Å². The number of unbranched alkanes of at least 4 members (excludes halogenated alkanes) is 1. The molecule has 8 nitrogen and oxygen atoms in total. The maximum Gasteiger partial charge on any atom is 0.354 e. The summed E-state index contributed by atoms with van der Waals surface area (Å²) in [6.07, 6.45) is 4.11. The van der Waals surface area contributed by atoms with Gasteiger partial charge in [0.1, 0.15) is 6.33 Å². The van der Waals surface area contributed by atoms with Crippen LogP contribution in [0.5, 0.6) is 0 Å². The highest BCUT2D eigenvalue weighted by atomic mass is 16.6. The average molecular weight is 282 g/mol. The lowest BCUT2D eigenvalue weighted by Gasteiger charge is -2.29. The molecule has 0 bridgehead atoms. The van der Waals surface area contributed by atoms with Crippen LogP contribution in [0.4, 0.5) is 17.3 Å². The molecule has 0 saturated carbocycles. The van der Waals surface area contributed by atoms with E-state index in [0.717, 1.165) is 19.3 Å². The van der Waals surface area contributed by atoms with Crippen molar-refractivity contribution in [3.63, 3.8) is 0 Å². The smallest absolute Gasteiger partial charge is 0.348 e. The van der Waals surface area contributed by atoms with Crippen LogP contribution >= 0.6 is 0 Å². The van der Waals surface area contributed by atoms with Gasteiger partial charge in [0.2, 0.25) is 11.6 Å². The second-order valence-corrected chi connectivity index (χ2v) is 4.60. The molecule has 1 aromatic rings. The van der Waals surface area contributed by atoms with Crippen LogP contribution in [0.3, 0.4) is 0 Å². The first-order valence-electron chi connectivity index (χ1n) is 6.79. The second kappa shape index (κ2) is 7.59. The fourth-order valence-corrected chi connectivity index (χ4v) is 1.94. The Labute approximate surface area is 118 Å². The van der Waals surface area contributed by atoms with E-state index in [4.69, 9.17) is 5.84 Å². The number of hydrogen-bond acceptors (Lipinski definition) is 7. The van der Waals surface area contributed by atoms with Gasteiger partial charge in [-0.3, -0.25) is 10.1 Å². The maximum atomic E-state index is 11.3. The molecule has 0 aliphatic carbocycles. The zero-order valence-corrected chi connectivity index (χ0v) is 12.2. The summed E-state index contributed by atoms with van der Waals surface area (Å²) in [4.78, 5) is 20.7. The molecule has 1 aromatic heterocycles. The number of hydrogen-bond donors (Lipinski definition) is 2. The molecule has 0 amide bonds. The Balaban J connectivity index is 3.27. The second-order valence-electron chi connectivity index (χ2n) is 4.60. The summed E-state index contributed by atoms with van der Waals surface area (Å²) in [7, 11) is 0. The van der Waals surface area contributed by atoms with E-state index in [1.54, 1.807) is 0 Å². The average Bonchev–Trinajstić information content (AvgIpc) is 2.46. The van der Waals surface area contributed by atoms with Crippen LogP contribution in [0, 0.1) is 10.1 Å². The first kappa shape index (κ1) is 16.1. The SMILES string of the molecule is CCCCN(c1ncnc(NN)c1[N+](=O)[O-])C(C)CC. The summed E-state index contributed by atoms with van der Waals surface area (Å²) in [6.45, 7) is 6.86. The van der Waals surface area contributed by atoms with E-state index in [1.165, 1.54) is 6.33 Å². The Hall–Kier alpha value is -1.96. The third-order valence-corrected chi connectivity index (χ3v) is 3.27. The number of nitrogens with one attached hydrogen (secondary N) is 1. The van der Waals surface area contributed by atoms with Crippen molar-refractivity contribution in [1.29, 1.82) is 0 Å². The van der Waals surface area contributed by atoms with Crippen molar-refractivity contribution < 1.29 is 4.92 Å². The van der Waals surface area contributed by atoms with Crippen molar-refractivity contribution in [1.82, 2.24) is 9.97 Å². The van der Waals surface area contributed by atoms with E-state index in [-0.39, 0.29) is 17.5 Å². The van der Waals surface area contributed by atoms with Gasteiger partial charge in [0.15, 0.2) is 0 Å². The van der Waals surface area contributed by atoms with Gasteiger partial charge in [-0.15, -0.1) is 0 Å². The third-order valence-electron chi connectivity index (χ3n) is 3.27. The molecule has 3 N–H and O–H groups in total. The highest BCUT2D eigenvalue weighted by molar-refractivity contribution is 5.70. The van der Waals surface area contributed by atoms with Crippen molar-refractivity contribution in [2.24, 2.45) is 5.84 Å². The van der Waals surface area contributed by atoms with Crippen molar-refractivity contribution in [3.05, 3.63) is 16.4 Å². The summed E-state index contributed by atoms with van der Waals surface area (Å²) >= 11 is 0. The third kappa shape index (κ3) is 3.53. The standard InChI is InChI=1S/C12H22N6O2/c1-4-6-7-17(9(3)5-2)12-10(18(19)20)11(16-13)14-8-15-12/h8-9H,4-7,13H2,1-3H3,(H,14,15,16). The normalized spacial score (nSPS) is 12.0. The van der Waals surface area contributed by atoms with Crippen LogP contribution < -0.4 is 16.2 Å². The van der Waals surface area contributed by atoms with E-state index in [1.807, 2.05) is 18.7 Å². The highest BCUT2D eigenvalue weighted by Gasteiger charge is 2.28. The topological polar surface area (TPSA) is 110 Å². The van der Waals surface area contributed by atoms with Crippen LogP contribution in [-0.2, 0) is 0 Å². The number of anilines is 2. The van der Waals surface area contributed by atoms with Crippen molar-refractivity contribution in [2.45, 2.75) is 46.1 Å². The number of nitro groups is 1. The van der Waals surface area contributed by atoms with Gasteiger partial charge in [0, 0.05) is 12.6 Å². The molecular formula is C12H22N6O2. The molecule has 8 heteroatoms. The Kier molecular flexibility index (Phi) is 6.10. The molecule has 0 aliphatic heterocycles. The number of hydrazine groups is 1. The van der Waals surface area contributed by atoms with Crippen LogP contribution in [0.1, 0.15) is 40.0 Å². The minimum atomic E-state index is -0.494. The number of nitrogen functional groups attached to an aromatic ring is 1. The fourth-order valence-electron chi connectivity index (χ4n) is 1.94. The number of nitrogens with two attached hydrogens (primary N) is 1. The Bertz CT molecular complexity index is 454. The molecule has 1 rings (SSSR count). The molecule has 0 aliphatic rings. The molecule has 0 saturated heterocycles. The monoisotopic (exact) mass is 282 g/mol. The molecule has 112 valence electrons. The Morgan fingerprint density at radius 2 is 2.20 bits per heavy atom. The van der Waals surface area contributed by atoms with Gasteiger partial charge in [-0.25, -0.2) is 15.8 Å². The van der Waals surface area contributed by atoms with Gasteiger partial charge >= 0.3 is 5.69 Å². The predicted molar refractivity (Wildman–Crippen MR) is 78.5 cm³/mol. The van der Waals surface area contributed by atoms with E-state index < -0.39 is 4.92 Å². The molecule has 20 heavy (non-hydrogen) atoms. The fraction of sp³-hybridized carbons (Fsp3) is 0.667. The first-order valence-corrected chi connectivity index (χ1v) is 6.79. The number of rotatable bonds is 8. The van der Waals surface area contributed by atoms with Crippen molar-refractivity contribution >= 4 is 17.3 Å². The lowest BCUT2D eigenvalue weighted by Crippen LogP contribution is -2.35. The summed E-state index contributed by atoms with van der Waals surface area (Å²) in [5.74, 6) is 5.66. The number of aromatic nitrogens is 2. The van der Waals surface area contributed by atoms with E-state index in [0.29, 0.717) is 12.4 Å². The Morgan fingerprint density at radius 3 is 2.70 bits per heavy atom. The van der Waals surface area contributed by atoms with E-state index in [2.05, 4.69) is 22.3 Å². The quantitative estimate of drug-likeness (QED) is 0.426. The lowest BCUT2D eigenvalue weighted by molar-refractivity contribution is -0.383. The lowest BCUT2D eigenvalue weighted by atomic mass is 10.2. The van der Waals surface area contributed by atoms with Crippen LogP contribution in [-0.4, -0.2) is 27.5 Å². The van der Waals surface area contributed by atoms with Gasteiger partial charge in [-0.2, -0.15) is 0 Å².